The lowest BCUT2D eigenvalue weighted by Crippen LogP contribution is -2.19. The molecule has 0 aliphatic rings. The molecule has 0 saturated heterocycles. The fraction of sp³-hybridized carbons (Fsp3) is 0.167. The van der Waals surface area contributed by atoms with Gasteiger partial charge in [-0.2, -0.15) is 0 Å². The Hall–Kier alpha value is -1.17. The van der Waals surface area contributed by atoms with E-state index >= 15 is 0 Å². The first-order valence-electron chi connectivity index (χ1n) is 3.02. The van der Waals surface area contributed by atoms with Gasteiger partial charge < -0.3 is 15.1 Å². The molecule has 0 saturated carbocycles. The van der Waals surface area contributed by atoms with Crippen LogP contribution in [0.15, 0.2) is 12.1 Å². The van der Waals surface area contributed by atoms with Gasteiger partial charge in [0.25, 0.3) is 0 Å². The molecule has 1 heterocycles. The Morgan fingerprint density at radius 2 is 2.00 bits per heavy atom. The Kier molecular flexibility index (Phi) is 2.59. The average Bonchev–Trinajstić information content (AvgIpc) is 2.35. The predicted molar refractivity (Wildman–Crippen MR) is 43.1 cm³/mol. The standard InChI is InChI=1S/C6H6BrNO4/c7-3-6(11)12-8-4(9)1-2-5(8)10/h1-2,9-10H,3H2. The Morgan fingerprint density at radius 3 is 2.42 bits per heavy atom. The van der Waals surface area contributed by atoms with Crippen LogP contribution in [0.3, 0.4) is 0 Å². The van der Waals surface area contributed by atoms with Crippen molar-refractivity contribution < 1.29 is 19.8 Å². The molecule has 0 aliphatic heterocycles. The fourth-order valence-electron chi connectivity index (χ4n) is 0.622. The molecule has 0 amide bonds. The molecule has 6 heteroatoms. The summed E-state index contributed by atoms with van der Waals surface area (Å²) in [5.74, 6) is -1.28. The van der Waals surface area contributed by atoms with Crippen molar-refractivity contribution in [2.45, 2.75) is 0 Å². The highest BCUT2D eigenvalue weighted by Crippen LogP contribution is 2.18. The molecule has 66 valence electrons. The maximum absolute atomic E-state index is 10.7. The number of hydrogen-bond acceptors (Lipinski definition) is 4. The third kappa shape index (κ3) is 1.70. The van der Waals surface area contributed by atoms with Crippen LogP contribution < -0.4 is 4.84 Å². The van der Waals surface area contributed by atoms with Gasteiger partial charge in [0.1, 0.15) is 5.33 Å². The van der Waals surface area contributed by atoms with Gasteiger partial charge >= 0.3 is 5.97 Å². The highest BCUT2D eigenvalue weighted by atomic mass is 79.9. The second-order valence-corrected chi connectivity index (χ2v) is 2.50. The summed E-state index contributed by atoms with van der Waals surface area (Å²) >= 11 is 2.86. The highest BCUT2D eigenvalue weighted by molar-refractivity contribution is 9.09. The minimum Gasteiger partial charge on any atom is -0.492 e. The summed E-state index contributed by atoms with van der Waals surface area (Å²) in [5, 5.41) is 18.0. The highest BCUT2D eigenvalue weighted by Gasteiger charge is 2.10. The van der Waals surface area contributed by atoms with Crippen molar-refractivity contribution in [2.24, 2.45) is 0 Å². The van der Waals surface area contributed by atoms with Crippen LogP contribution in [0.5, 0.6) is 11.8 Å². The van der Waals surface area contributed by atoms with Gasteiger partial charge in [0.05, 0.1) is 0 Å². The van der Waals surface area contributed by atoms with Crippen LogP contribution in [0.1, 0.15) is 0 Å². The van der Waals surface area contributed by atoms with Crippen molar-refractivity contribution in [1.29, 1.82) is 0 Å². The maximum atomic E-state index is 10.7. The number of aromatic hydroxyl groups is 2. The molecule has 1 aromatic rings. The van der Waals surface area contributed by atoms with E-state index in [-0.39, 0.29) is 17.1 Å². The van der Waals surface area contributed by atoms with Crippen LogP contribution >= 0.6 is 15.9 Å². The van der Waals surface area contributed by atoms with Crippen LogP contribution in [0, 0.1) is 0 Å². The third-order valence-corrected chi connectivity index (χ3v) is 1.56. The zero-order chi connectivity index (χ0) is 9.14. The summed E-state index contributed by atoms with van der Waals surface area (Å²) in [6.07, 6.45) is 0. The van der Waals surface area contributed by atoms with Gasteiger partial charge in [-0.15, -0.1) is 4.73 Å². The van der Waals surface area contributed by atoms with E-state index in [9.17, 15) is 4.79 Å². The molecule has 5 nitrogen and oxygen atoms in total. The number of nitrogens with zero attached hydrogens (tertiary/aromatic N) is 1. The Labute approximate surface area is 76.3 Å². The van der Waals surface area contributed by atoms with Crippen molar-refractivity contribution in [3.8, 4) is 11.8 Å². The number of hydrogen-bond donors (Lipinski definition) is 2. The monoisotopic (exact) mass is 235 g/mol. The lowest BCUT2D eigenvalue weighted by Gasteiger charge is -2.03. The van der Waals surface area contributed by atoms with Gasteiger partial charge in [-0.1, -0.05) is 15.9 Å². The third-order valence-electron chi connectivity index (χ3n) is 1.10. The SMILES string of the molecule is O=C(CBr)On1c(O)ccc1O. The van der Waals surface area contributed by atoms with Gasteiger partial charge in [0.15, 0.2) is 0 Å². The molecular weight excluding hydrogens is 230 g/mol. The topological polar surface area (TPSA) is 71.7 Å². The van der Waals surface area contributed by atoms with Crippen molar-refractivity contribution in [3.63, 3.8) is 0 Å². The average molecular weight is 236 g/mol. The number of carbonyl (C=O) groups is 1. The van der Waals surface area contributed by atoms with Crippen LogP contribution in [0.4, 0.5) is 0 Å². The molecule has 1 rings (SSSR count). The summed E-state index contributed by atoms with van der Waals surface area (Å²) in [4.78, 5) is 15.2. The van der Waals surface area contributed by atoms with Crippen LogP contribution in [-0.2, 0) is 4.79 Å². The Balaban J connectivity index is 2.80. The molecule has 12 heavy (non-hydrogen) atoms. The van der Waals surface area contributed by atoms with Gasteiger partial charge in [-0.05, 0) is 0 Å². The van der Waals surface area contributed by atoms with Crippen molar-refractivity contribution in [2.75, 3.05) is 5.33 Å². The first kappa shape index (κ1) is 8.92. The number of rotatable bonds is 2. The summed E-state index contributed by atoms with van der Waals surface area (Å²) in [6.45, 7) is 0. The second-order valence-electron chi connectivity index (χ2n) is 1.94. The zero-order valence-electron chi connectivity index (χ0n) is 5.90. The maximum Gasteiger partial charge on any atom is 0.343 e. The minimum atomic E-state index is -0.614. The van der Waals surface area contributed by atoms with Crippen LogP contribution in [0.25, 0.3) is 0 Å². The van der Waals surface area contributed by atoms with E-state index < -0.39 is 5.97 Å². The van der Waals surface area contributed by atoms with E-state index in [0.717, 1.165) is 0 Å². The summed E-state index contributed by atoms with van der Waals surface area (Å²) in [5.41, 5.74) is 0. The lowest BCUT2D eigenvalue weighted by molar-refractivity contribution is -0.142. The molecule has 0 bridgehead atoms. The van der Waals surface area contributed by atoms with Gasteiger partial charge in [-0.25, -0.2) is 4.79 Å². The molecule has 0 aromatic carbocycles. The first-order valence-corrected chi connectivity index (χ1v) is 4.14. The van der Waals surface area contributed by atoms with E-state index in [1.54, 1.807) is 0 Å². The largest absolute Gasteiger partial charge is 0.492 e. The molecule has 0 spiro atoms. The quantitative estimate of drug-likeness (QED) is 0.722. The number of carbonyl (C=O) groups excluding carboxylic acids is 1. The number of halogens is 1. The van der Waals surface area contributed by atoms with Gasteiger partial charge in [0.2, 0.25) is 11.8 Å². The van der Waals surface area contributed by atoms with Crippen molar-refractivity contribution in [3.05, 3.63) is 12.1 Å². The van der Waals surface area contributed by atoms with Crippen molar-refractivity contribution >= 4 is 21.9 Å². The van der Waals surface area contributed by atoms with Gasteiger partial charge in [0, 0.05) is 12.1 Å². The van der Waals surface area contributed by atoms with Crippen LogP contribution in [-0.4, -0.2) is 26.2 Å². The van der Waals surface area contributed by atoms with Crippen molar-refractivity contribution in [1.82, 2.24) is 4.73 Å². The molecule has 0 radical (unpaired) electrons. The minimum absolute atomic E-state index is 0.00986. The number of alkyl halides is 1. The molecule has 0 aliphatic carbocycles. The molecule has 2 N–H and O–H groups in total. The zero-order valence-corrected chi connectivity index (χ0v) is 7.48. The van der Waals surface area contributed by atoms with Gasteiger partial charge in [-0.3, -0.25) is 0 Å². The van der Waals surface area contributed by atoms with Crippen LogP contribution in [0.2, 0.25) is 0 Å². The summed E-state index contributed by atoms with van der Waals surface area (Å²) < 4.78 is 0.629. The van der Waals surface area contributed by atoms with E-state index in [1.165, 1.54) is 12.1 Å². The molecular formula is C6H6BrNO4. The Bertz CT molecular complexity index is 276. The molecule has 0 atom stereocenters. The first-order chi connectivity index (χ1) is 5.65. The second kappa shape index (κ2) is 3.48. The van der Waals surface area contributed by atoms with E-state index in [1.807, 2.05) is 0 Å². The van der Waals surface area contributed by atoms with E-state index in [0.29, 0.717) is 4.73 Å². The Morgan fingerprint density at radius 1 is 1.50 bits per heavy atom. The summed E-state index contributed by atoms with van der Waals surface area (Å²) in [6, 6.07) is 2.41. The molecule has 1 aromatic heterocycles. The molecule has 0 unspecified atom stereocenters. The molecule has 0 fully saturated rings. The van der Waals surface area contributed by atoms with E-state index in [4.69, 9.17) is 10.2 Å². The van der Waals surface area contributed by atoms with E-state index in [2.05, 4.69) is 20.8 Å². The number of aromatic nitrogens is 1. The summed E-state index contributed by atoms with van der Waals surface area (Å²) in [7, 11) is 0. The normalized spacial score (nSPS) is 9.75. The lowest BCUT2D eigenvalue weighted by atomic mass is 10.6. The predicted octanol–water partition coefficient (Wildman–Crippen LogP) is 0.249. The fourth-order valence-corrected chi connectivity index (χ4v) is 0.724. The smallest absolute Gasteiger partial charge is 0.343 e.